The zero-order valence-electron chi connectivity index (χ0n) is 16.3. The normalized spacial score (nSPS) is 18.9. The Morgan fingerprint density at radius 2 is 2.00 bits per heavy atom. The van der Waals surface area contributed by atoms with Gasteiger partial charge in [-0.1, -0.05) is 6.07 Å². The van der Waals surface area contributed by atoms with E-state index in [0.717, 1.165) is 56.1 Å². The molecule has 1 amide bonds. The summed E-state index contributed by atoms with van der Waals surface area (Å²) in [6, 6.07) is 11.8. The lowest BCUT2D eigenvalue weighted by Gasteiger charge is -2.47. The van der Waals surface area contributed by atoms with Crippen LogP contribution in [0.1, 0.15) is 42.6 Å². The monoisotopic (exact) mass is 375 g/mol. The third-order valence-corrected chi connectivity index (χ3v) is 6.09. The molecule has 0 aromatic carbocycles. The number of amides is 1. The third-order valence-electron chi connectivity index (χ3n) is 6.09. The molecule has 2 aliphatic rings. The molecule has 1 spiro atoms. The molecular formula is C22H25N5O. The van der Waals surface area contributed by atoms with Gasteiger partial charge in [0.25, 0.3) is 0 Å². The van der Waals surface area contributed by atoms with Gasteiger partial charge in [0.05, 0.1) is 17.8 Å². The first-order valence-corrected chi connectivity index (χ1v) is 9.89. The molecule has 0 unspecified atom stereocenters. The topological polar surface area (TPSA) is 73.1 Å². The van der Waals surface area contributed by atoms with Crippen molar-refractivity contribution >= 4 is 11.7 Å². The van der Waals surface area contributed by atoms with E-state index in [2.05, 4.69) is 20.9 Å². The summed E-state index contributed by atoms with van der Waals surface area (Å²) < 4.78 is 0. The maximum absolute atomic E-state index is 12.5. The van der Waals surface area contributed by atoms with Gasteiger partial charge in [-0.2, -0.15) is 5.26 Å². The minimum Gasteiger partial charge on any atom is -0.355 e. The molecule has 4 heterocycles. The molecule has 0 N–H and O–H groups in total. The van der Waals surface area contributed by atoms with Crippen molar-refractivity contribution in [2.45, 2.75) is 39.2 Å². The van der Waals surface area contributed by atoms with E-state index in [1.807, 2.05) is 42.2 Å². The van der Waals surface area contributed by atoms with Crippen LogP contribution in [-0.4, -0.2) is 40.4 Å². The van der Waals surface area contributed by atoms with E-state index in [0.29, 0.717) is 18.5 Å². The molecule has 0 aliphatic carbocycles. The fourth-order valence-corrected chi connectivity index (χ4v) is 4.41. The van der Waals surface area contributed by atoms with Crippen molar-refractivity contribution in [2.75, 3.05) is 24.5 Å². The highest BCUT2D eigenvalue weighted by atomic mass is 16.2. The largest absolute Gasteiger partial charge is 0.355 e. The zero-order chi connectivity index (χ0) is 19.6. The number of rotatable bonds is 3. The van der Waals surface area contributed by atoms with Gasteiger partial charge in [-0.05, 0) is 55.9 Å². The predicted molar refractivity (Wildman–Crippen MR) is 106 cm³/mol. The molecule has 28 heavy (non-hydrogen) atoms. The van der Waals surface area contributed by atoms with Gasteiger partial charge >= 0.3 is 0 Å². The molecule has 6 heteroatoms. The van der Waals surface area contributed by atoms with Crippen molar-refractivity contribution in [3.8, 4) is 6.07 Å². The molecule has 0 bridgehead atoms. The number of hydrogen-bond donors (Lipinski definition) is 0. The van der Waals surface area contributed by atoms with Crippen LogP contribution < -0.4 is 4.90 Å². The van der Waals surface area contributed by atoms with Crippen molar-refractivity contribution in [3.63, 3.8) is 0 Å². The summed E-state index contributed by atoms with van der Waals surface area (Å²) in [6.07, 6.45) is 5.36. The second-order valence-corrected chi connectivity index (χ2v) is 7.99. The van der Waals surface area contributed by atoms with Gasteiger partial charge in [0.1, 0.15) is 11.9 Å². The Balaban J connectivity index is 1.45. The highest BCUT2D eigenvalue weighted by Gasteiger charge is 2.41. The molecule has 144 valence electrons. The van der Waals surface area contributed by atoms with E-state index in [1.165, 1.54) is 0 Å². The molecule has 2 aromatic heterocycles. The summed E-state index contributed by atoms with van der Waals surface area (Å²) in [4.78, 5) is 25.7. The number of anilines is 1. The van der Waals surface area contributed by atoms with Gasteiger partial charge in [-0.15, -0.1) is 0 Å². The second-order valence-electron chi connectivity index (χ2n) is 7.99. The third kappa shape index (κ3) is 3.70. The molecule has 4 rings (SSSR count). The smallest absolute Gasteiger partial charge is 0.222 e. The Morgan fingerprint density at radius 1 is 1.18 bits per heavy atom. The number of piperidine rings is 2. The molecule has 2 fully saturated rings. The quantitative estimate of drug-likeness (QED) is 0.824. The number of aryl methyl sites for hydroxylation is 1. The number of carbonyl (C=O) groups excluding carboxylic acids is 1. The summed E-state index contributed by atoms with van der Waals surface area (Å²) in [5.74, 6) is 1.03. The standard InChI is InChI=1S/C22H25N5O/c1-17-5-6-18(14-23)21(25-17)26-12-9-22(10-13-26)8-7-20(28)27(16-22)15-19-4-2-3-11-24-19/h2-6,11H,7-10,12-13,15-16H2,1H3. The van der Waals surface area contributed by atoms with Crippen LogP contribution in [0.3, 0.4) is 0 Å². The lowest BCUT2D eigenvalue weighted by molar-refractivity contribution is -0.139. The fraction of sp³-hybridized carbons (Fsp3) is 0.455. The van der Waals surface area contributed by atoms with E-state index < -0.39 is 0 Å². The van der Waals surface area contributed by atoms with E-state index in [9.17, 15) is 10.1 Å². The van der Waals surface area contributed by atoms with Gasteiger partial charge in [0.2, 0.25) is 5.91 Å². The van der Waals surface area contributed by atoms with Crippen LogP contribution in [0.2, 0.25) is 0 Å². The number of likely N-dealkylation sites (tertiary alicyclic amines) is 1. The average Bonchev–Trinajstić information content (AvgIpc) is 2.72. The Morgan fingerprint density at radius 3 is 2.71 bits per heavy atom. The summed E-state index contributed by atoms with van der Waals surface area (Å²) in [6.45, 7) is 5.08. The number of nitriles is 1. The maximum Gasteiger partial charge on any atom is 0.222 e. The summed E-state index contributed by atoms with van der Waals surface area (Å²) >= 11 is 0. The van der Waals surface area contributed by atoms with E-state index in [4.69, 9.17) is 0 Å². The van der Waals surface area contributed by atoms with Gasteiger partial charge in [0, 0.05) is 37.9 Å². The van der Waals surface area contributed by atoms with Crippen LogP contribution in [0.25, 0.3) is 0 Å². The van der Waals surface area contributed by atoms with Gasteiger partial charge in [-0.3, -0.25) is 9.78 Å². The Kier molecular flexibility index (Phi) is 4.99. The second kappa shape index (κ2) is 7.59. The summed E-state index contributed by atoms with van der Waals surface area (Å²) in [5, 5.41) is 9.42. The Hall–Kier alpha value is -2.94. The van der Waals surface area contributed by atoms with Crippen molar-refractivity contribution < 1.29 is 4.79 Å². The number of hydrogen-bond acceptors (Lipinski definition) is 5. The zero-order valence-corrected chi connectivity index (χ0v) is 16.3. The lowest BCUT2D eigenvalue weighted by Crippen LogP contribution is -2.51. The van der Waals surface area contributed by atoms with Crippen molar-refractivity contribution in [1.29, 1.82) is 5.26 Å². The molecule has 0 atom stereocenters. The summed E-state index contributed by atoms with van der Waals surface area (Å²) in [5.41, 5.74) is 2.67. The fourth-order valence-electron chi connectivity index (χ4n) is 4.41. The minimum atomic E-state index is 0.163. The van der Waals surface area contributed by atoms with E-state index >= 15 is 0 Å². The number of nitrogens with zero attached hydrogens (tertiary/aromatic N) is 5. The minimum absolute atomic E-state index is 0.163. The molecular weight excluding hydrogens is 350 g/mol. The van der Waals surface area contributed by atoms with Crippen LogP contribution in [0.5, 0.6) is 0 Å². The highest BCUT2D eigenvalue weighted by molar-refractivity contribution is 5.77. The average molecular weight is 375 g/mol. The van der Waals surface area contributed by atoms with E-state index in [1.54, 1.807) is 6.20 Å². The van der Waals surface area contributed by atoms with Gasteiger partial charge in [0.15, 0.2) is 0 Å². The van der Waals surface area contributed by atoms with Crippen LogP contribution >= 0.6 is 0 Å². The van der Waals surface area contributed by atoms with Crippen molar-refractivity contribution in [1.82, 2.24) is 14.9 Å². The van der Waals surface area contributed by atoms with Crippen LogP contribution in [0.15, 0.2) is 36.5 Å². The summed E-state index contributed by atoms with van der Waals surface area (Å²) in [7, 11) is 0. The number of aromatic nitrogens is 2. The lowest BCUT2D eigenvalue weighted by atomic mass is 9.72. The predicted octanol–water partition coefficient (Wildman–Crippen LogP) is 3.07. The SMILES string of the molecule is Cc1ccc(C#N)c(N2CCC3(CCC(=O)N(Cc4ccccn4)C3)CC2)n1. The van der Waals surface area contributed by atoms with Gasteiger partial charge < -0.3 is 9.80 Å². The maximum atomic E-state index is 12.5. The van der Waals surface area contributed by atoms with Crippen molar-refractivity contribution in [2.24, 2.45) is 5.41 Å². The Bertz CT molecular complexity index is 897. The first kappa shape index (κ1) is 18.4. The first-order chi connectivity index (χ1) is 13.6. The van der Waals surface area contributed by atoms with Crippen molar-refractivity contribution in [3.05, 3.63) is 53.5 Å². The molecule has 2 saturated heterocycles. The van der Waals surface area contributed by atoms with Gasteiger partial charge in [-0.25, -0.2) is 4.98 Å². The first-order valence-electron chi connectivity index (χ1n) is 9.89. The van der Waals surface area contributed by atoms with Crippen LogP contribution in [-0.2, 0) is 11.3 Å². The molecule has 2 aromatic rings. The van der Waals surface area contributed by atoms with E-state index in [-0.39, 0.29) is 11.3 Å². The molecule has 2 aliphatic heterocycles. The number of pyridine rings is 2. The Labute approximate surface area is 165 Å². The molecule has 0 radical (unpaired) electrons. The molecule has 6 nitrogen and oxygen atoms in total. The molecule has 0 saturated carbocycles. The van der Waals surface area contributed by atoms with Crippen LogP contribution in [0.4, 0.5) is 5.82 Å². The van der Waals surface area contributed by atoms with Crippen LogP contribution in [0, 0.1) is 23.7 Å². The highest BCUT2D eigenvalue weighted by Crippen LogP contribution is 2.41. The number of carbonyl (C=O) groups is 1.